The molecule has 0 heterocycles. The lowest BCUT2D eigenvalue weighted by Gasteiger charge is -2.10. The van der Waals surface area contributed by atoms with Gasteiger partial charge in [-0.2, -0.15) is 0 Å². The largest absolute Gasteiger partial charge is 0.466 e. The lowest BCUT2D eigenvalue weighted by molar-refractivity contribution is -0.136. The van der Waals surface area contributed by atoms with Gasteiger partial charge in [0.1, 0.15) is 0 Å². The van der Waals surface area contributed by atoms with Crippen LogP contribution in [0.3, 0.4) is 0 Å². The Kier molecular flexibility index (Phi) is 5.53. The SMILES string of the molecule is C=C(C/C(=C/c1ccc(C)cc1)c1ccc(C)cc1)C(=O)OC. The Labute approximate surface area is 138 Å². The van der Waals surface area contributed by atoms with E-state index in [1.54, 1.807) is 0 Å². The van der Waals surface area contributed by atoms with Gasteiger partial charge in [-0.25, -0.2) is 4.79 Å². The Morgan fingerprint density at radius 1 is 1.00 bits per heavy atom. The summed E-state index contributed by atoms with van der Waals surface area (Å²) in [6.07, 6.45) is 2.56. The van der Waals surface area contributed by atoms with E-state index >= 15 is 0 Å². The Hall–Kier alpha value is -2.61. The molecule has 2 nitrogen and oxygen atoms in total. The van der Waals surface area contributed by atoms with Crippen LogP contribution < -0.4 is 0 Å². The first-order valence-electron chi connectivity index (χ1n) is 7.60. The van der Waals surface area contributed by atoms with Gasteiger partial charge >= 0.3 is 5.97 Å². The maximum atomic E-state index is 11.7. The van der Waals surface area contributed by atoms with Gasteiger partial charge in [-0.3, -0.25) is 0 Å². The molecule has 0 radical (unpaired) electrons. The normalized spacial score (nSPS) is 11.2. The van der Waals surface area contributed by atoms with E-state index in [-0.39, 0.29) is 5.97 Å². The third-order valence-electron chi connectivity index (χ3n) is 3.72. The van der Waals surface area contributed by atoms with Gasteiger partial charge in [0.25, 0.3) is 0 Å². The van der Waals surface area contributed by atoms with Crippen molar-refractivity contribution in [3.05, 3.63) is 82.9 Å². The molecule has 0 unspecified atom stereocenters. The smallest absolute Gasteiger partial charge is 0.333 e. The Balaban J connectivity index is 2.38. The van der Waals surface area contributed by atoms with Crippen molar-refractivity contribution >= 4 is 17.6 Å². The molecule has 2 aromatic carbocycles. The molecule has 0 saturated heterocycles. The minimum Gasteiger partial charge on any atom is -0.466 e. The summed E-state index contributed by atoms with van der Waals surface area (Å²) in [7, 11) is 1.38. The highest BCUT2D eigenvalue weighted by molar-refractivity contribution is 5.93. The number of allylic oxidation sites excluding steroid dienone is 1. The van der Waals surface area contributed by atoms with E-state index < -0.39 is 0 Å². The average molecular weight is 306 g/mol. The Morgan fingerprint density at radius 3 is 2.04 bits per heavy atom. The van der Waals surface area contributed by atoms with Crippen molar-refractivity contribution in [3.8, 4) is 0 Å². The molecule has 2 rings (SSSR count). The van der Waals surface area contributed by atoms with Crippen LogP contribution in [-0.4, -0.2) is 13.1 Å². The van der Waals surface area contributed by atoms with Gasteiger partial charge < -0.3 is 4.74 Å². The van der Waals surface area contributed by atoms with Crippen molar-refractivity contribution in [1.29, 1.82) is 0 Å². The third kappa shape index (κ3) is 4.68. The van der Waals surface area contributed by atoms with Crippen molar-refractivity contribution in [3.63, 3.8) is 0 Å². The second kappa shape index (κ2) is 7.59. The number of rotatable bonds is 5. The number of aryl methyl sites for hydroxylation is 2. The molecular formula is C21H22O2. The van der Waals surface area contributed by atoms with Gasteiger partial charge in [0.2, 0.25) is 0 Å². The molecule has 0 aliphatic heterocycles. The summed E-state index contributed by atoms with van der Waals surface area (Å²) in [5.74, 6) is -0.369. The van der Waals surface area contributed by atoms with Crippen molar-refractivity contribution in [2.45, 2.75) is 20.3 Å². The highest BCUT2D eigenvalue weighted by Crippen LogP contribution is 2.25. The second-order valence-corrected chi connectivity index (χ2v) is 5.72. The van der Waals surface area contributed by atoms with E-state index in [9.17, 15) is 4.79 Å². The molecular weight excluding hydrogens is 284 g/mol. The van der Waals surface area contributed by atoms with Gasteiger partial charge in [0, 0.05) is 12.0 Å². The summed E-state index contributed by atoms with van der Waals surface area (Å²) in [5, 5.41) is 0. The number of hydrogen-bond donors (Lipinski definition) is 0. The van der Waals surface area contributed by atoms with E-state index in [0.717, 1.165) is 16.7 Å². The summed E-state index contributed by atoms with van der Waals surface area (Å²) in [4.78, 5) is 11.7. The predicted octanol–water partition coefficient (Wildman–Crippen LogP) is 4.96. The quantitative estimate of drug-likeness (QED) is 0.443. The standard InChI is InChI=1S/C21H22O2/c1-15-5-9-18(10-6-15)14-20(13-17(3)21(22)23-4)19-11-7-16(2)8-12-19/h5-12,14H,3,13H2,1-2,4H3/b20-14-. The summed E-state index contributed by atoms with van der Waals surface area (Å²) >= 11 is 0. The number of hydrogen-bond acceptors (Lipinski definition) is 2. The van der Waals surface area contributed by atoms with Crippen LogP contribution in [0.2, 0.25) is 0 Å². The first-order chi connectivity index (χ1) is 11.0. The Morgan fingerprint density at radius 2 is 1.52 bits per heavy atom. The summed E-state index contributed by atoms with van der Waals surface area (Å²) in [5.41, 5.74) is 6.11. The molecule has 2 heteroatoms. The third-order valence-corrected chi connectivity index (χ3v) is 3.72. The monoisotopic (exact) mass is 306 g/mol. The van der Waals surface area contributed by atoms with Crippen LogP contribution in [0.15, 0.2) is 60.7 Å². The minimum absolute atomic E-state index is 0.369. The first kappa shape index (κ1) is 16.8. The maximum Gasteiger partial charge on any atom is 0.333 e. The zero-order valence-electron chi connectivity index (χ0n) is 13.9. The van der Waals surface area contributed by atoms with E-state index in [1.807, 2.05) is 0 Å². The van der Waals surface area contributed by atoms with Gasteiger partial charge in [0.15, 0.2) is 0 Å². The zero-order chi connectivity index (χ0) is 16.8. The van der Waals surface area contributed by atoms with Crippen molar-refractivity contribution in [2.75, 3.05) is 7.11 Å². The fraction of sp³-hybridized carbons (Fsp3) is 0.190. The molecule has 2 aromatic rings. The fourth-order valence-electron chi connectivity index (χ4n) is 2.31. The van der Waals surface area contributed by atoms with Crippen LogP contribution in [0.25, 0.3) is 11.6 Å². The molecule has 0 saturated carbocycles. The van der Waals surface area contributed by atoms with Crippen molar-refractivity contribution in [1.82, 2.24) is 0 Å². The Bertz CT molecular complexity index is 719. The highest BCUT2D eigenvalue weighted by Gasteiger charge is 2.11. The van der Waals surface area contributed by atoms with Crippen molar-refractivity contribution in [2.24, 2.45) is 0 Å². The van der Waals surface area contributed by atoms with Gasteiger partial charge in [-0.15, -0.1) is 0 Å². The van der Waals surface area contributed by atoms with Gasteiger partial charge in [-0.05, 0) is 30.5 Å². The van der Waals surface area contributed by atoms with Crippen LogP contribution in [0.4, 0.5) is 0 Å². The number of ether oxygens (including phenoxy) is 1. The molecule has 0 spiro atoms. The lowest BCUT2D eigenvalue weighted by atomic mass is 9.95. The van der Waals surface area contributed by atoms with E-state index in [4.69, 9.17) is 4.74 Å². The molecule has 23 heavy (non-hydrogen) atoms. The highest BCUT2D eigenvalue weighted by atomic mass is 16.5. The molecule has 0 amide bonds. The number of carbonyl (C=O) groups is 1. The van der Waals surface area contributed by atoms with E-state index in [1.165, 1.54) is 18.2 Å². The van der Waals surface area contributed by atoms with Crippen LogP contribution in [0, 0.1) is 13.8 Å². The van der Waals surface area contributed by atoms with Crippen LogP contribution >= 0.6 is 0 Å². The lowest BCUT2D eigenvalue weighted by Crippen LogP contribution is -2.04. The van der Waals surface area contributed by atoms with Crippen LogP contribution in [0.5, 0.6) is 0 Å². The van der Waals surface area contributed by atoms with Crippen LogP contribution in [0.1, 0.15) is 28.7 Å². The molecule has 0 N–H and O–H groups in total. The number of benzene rings is 2. The number of carbonyl (C=O) groups excluding carboxylic acids is 1. The fourth-order valence-corrected chi connectivity index (χ4v) is 2.31. The molecule has 0 atom stereocenters. The molecule has 0 bridgehead atoms. The minimum atomic E-state index is -0.369. The van der Waals surface area contributed by atoms with Gasteiger partial charge in [0.05, 0.1) is 7.11 Å². The zero-order valence-corrected chi connectivity index (χ0v) is 13.9. The molecule has 0 aliphatic carbocycles. The molecule has 0 aromatic heterocycles. The van der Waals surface area contributed by atoms with Crippen LogP contribution in [-0.2, 0) is 9.53 Å². The predicted molar refractivity (Wildman–Crippen MR) is 96.0 cm³/mol. The number of methoxy groups -OCH3 is 1. The van der Waals surface area contributed by atoms with E-state index in [0.29, 0.717) is 12.0 Å². The summed E-state index contributed by atoms with van der Waals surface area (Å²) in [6, 6.07) is 16.6. The second-order valence-electron chi connectivity index (χ2n) is 5.72. The topological polar surface area (TPSA) is 26.3 Å². The van der Waals surface area contributed by atoms with E-state index in [2.05, 4.69) is 75.0 Å². The summed E-state index contributed by atoms with van der Waals surface area (Å²) < 4.78 is 4.77. The van der Waals surface area contributed by atoms with Crippen molar-refractivity contribution < 1.29 is 9.53 Å². The maximum absolute atomic E-state index is 11.7. The summed E-state index contributed by atoms with van der Waals surface area (Å²) in [6.45, 7) is 7.97. The molecule has 0 aliphatic rings. The number of esters is 1. The first-order valence-corrected chi connectivity index (χ1v) is 7.60. The average Bonchev–Trinajstić information content (AvgIpc) is 2.56. The van der Waals surface area contributed by atoms with Gasteiger partial charge in [-0.1, -0.05) is 72.3 Å². The molecule has 0 fully saturated rings. The molecule has 118 valence electrons.